The molecule has 22 heavy (non-hydrogen) atoms. The van der Waals surface area contributed by atoms with E-state index in [1.54, 1.807) is 0 Å². The standard InChI is InChI=1S/C18H32N2O.ClH/c1-14(2)11-18(7-3-4-8-18)17(21)20-9-5-15-12-19-13-16(15)6-10-20;/h14-16,19H,3-13H2,1-2H3;1H/t15-,16+;. The van der Waals surface area contributed by atoms with Gasteiger partial charge in [0.1, 0.15) is 0 Å². The summed E-state index contributed by atoms with van der Waals surface area (Å²) in [6, 6.07) is 0. The number of carbonyl (C=O) groups is 1. The minimum absolute atomic E-state index is 0. The van der Waals surface area contributed by atoms with Crippen molar-refractivity contribution in [1.29, 1.82) is 0 Å². The lowest BCUT2D eigenvalue weighted by molar-refractivity contribution is -0.143. The van der Waals surface area contributed by atoms with Crippen LogP contribution in [0, 0.1) is 23.2 Å². The first kappa shape index (κ1) is 18.1. The average molecular weight is 329 g/mol. The van der Waals surface area contributed by atoms with Gasteiger partial charge in [0.15, 0.2) is 0 Å². The molecule has 0 unspecified atom stereocenters. The number of carbonyl (C=O) groups excluding carboxylic acids is 1. The smallest absolute Gasteiger partial charge is 0.228 e. The van der Waals surface area contributed by atoms with E-state index in [4.69, 9.17) is 0 Å². The lowest BCUT2D eigenvalue weighted by Gasteiger charge is -2.35. The minimum atomic E-state index is -0.00807. The van der Waals surface area contributed by atoms with Gasteiger partial charge < -0.3 is 10.2 Å². The van der Waals surface area contributed by atoms with Crippen LogP contribution in [0.2, 0.25) is 0 Å². The van der Waals surface area contributed by atoms with Crippen LogP contribution in [0.1, 0.15) is 58.8 Å². The molecule has 3 rings (SSSR count). The average Bonchev–Trinajstić information content (AvgIpc) is 3.04. The van der Waals surface area contributed by atoms with Crippen LogP contribution in [0.4, 0.5) is 0 Å². The Morgan fingerprint density at radius 1 is 1.14 bits per heavy atom. The van der Waals surface area contributed by atoms with E-state index in [-0.39, 0.29) is 17.8 Å². The van der Waals surface area contributed by atoms with Crippen molar-refractivity contribution in [2.45, 2.75) is 58.8 Å². The molecule has 3 nitrogen and oxygen atoms in total. The molecule has 2 heterocycles. The van der Waals surface area contributed by atoms with Crippen molar-refractivity contribution in [3.63, 3.8) is 0 Å². The maximum atomic E-state index is 13.2. The molecule has 128 valence electrons. The molecule has 1 N–H and O–H groups in total. The third-order valence-electron chi connectivity index (χ3n) is 6.12. The summed E-state index contributed by atoms with van der Waals surface area (Å²) in [4.78, 5) is 15.5. The molecular formula is C18H33ClN2O. The zero-order chi connectivity index (χ0) is 14.9. The van der Waals surface area contributed by atoms with Gasteiger partial charge in [-0.05, 0) is 62.9 Å². The monoisotopic (exact) mass is 328 g/mol. The molecule has 2 atom stereocenters. The molecular weight excluding hydrogens is 296 g/mol. The predicted molar refractivity (Wildman–Crippen MR) is 93.3 cm³/mol. The predicted octanol–water partition coefficient (Wildman–Crippen LogP) is 3.47. The van der Waals surface area contributed by atoms with Gasteiger partial charge in [0.2, 0.25) is 5.91 Å². The van der Waals surface area contributed by atoms with Crippen molar-refractivity contribution >= 4 is 18.3 Å². The SMILES string of the molecule is CC(C)CC1(C(=O)N2CC[C@@H]3CNC[C@@H]3CC2)CCCC1.Cl. The van der Waals surface area contributed by atoms with Crippen molar-refractivity contribution in [2.75, 3.05) is 26.2 Å². The van der Waals surface area contributed by atoms with Crippen LogP contribution in [0.3, 0.4) is 0 Å². The molecule has 0 aromatic rings. The fraction of sp³-hybridized carbons (Fsp3) is 0.944. The van der Waals surface area contributed by atoms with E-state index in [0.717, 1.165) is 44.2 Å². The maximum Gasteiger partial charge on any atom is 0.228 e. The molecule has 0 spiro atoms. The van der Waals surface area contributed by atoms with E-state index < -0.39 is 0 Å². The van der Waals surface area contributed by atoms with Gasteiger partial charge in [-0.1, -0.05) is 26.7 Å². The first-order chi connectivity index (χ1) is 10.1. The Morgan fingerprint density at radius 2 is 1.68 bits per heavy atom. The molecule has 3 aliphatic rings. The van der Waals surface area contributed by atoms with Crippen LogP contribution in [0.5, 0.6) is 0 Å². The highest BCUT2D eigenvalue weighted by atomic mass is 35.5. The number of likely N-dealkylation sites (tertiary alicyclic amines) is 1. The number of hydrogen-bond donors (Lipinski definition) is 1. The Balaban J connectivity index is 0.00000176. The molecule has 1 aliphatic carbocycles. The number of hydrogen-bond acceptors (Lipinski definition) is 2. The van der Waals surface area contributed by atoms with Crippen LogP contribution in [0.25, 0.3) is 0 Å². The third kappa shape index (κ3) is 3.62. The van der Waals surface area contributed by atoms with Crippen molar-refractivity contribution < 1.29 is 4.79 Å². The van der Waals surface area contributed by atoms with Gasteiger partial charge in [0, 0.05) is 18.5 Å². The van der Waals surface area contributed by atoms with E-state index in [1.165, 1.54) is 38.8 Å². The van der Waals surface area contributed by atoms with Gasteiger partial charge in [-0.3, -0.25) is 4.79 Å². The third-order valence-corrected chi connectivity index (χ3v) is 6.12. The Hall–Kier alpha value is -0.280. The Morgan fingerprint density at radius 3 is 2.18 bits per heavy atom. The van der Waals surface area contributed by atoms with Crippen LogP contribution < -0.4 is 5.32 Å². The number of fused-ring (bicyclic) bond motifs is 1. The Bertz CT molecular complexity index is 365. The summed E-state index contributed by atoms with van der Waals surface area (Å²) >= 11 is 0. The first-order valence-corrected chi connectivity index (χ1v) is 9.11. The number of amides is 1. The van der Waals surface area contributed by atoms with E-state index >= 15 is 0 Å². The summed E-state index contributed by atoms with van der Waals surface area (Å²) in [7, 11) is 0. The maximum absolute atomic E-state index is 13.2. The topological polar surface area (TPSA) is 32.3 Å². The fourth-order valence-electron chi connectivity index (χ4n) is 5.10. The zero-order valence-electron chi connectivity index (χ0n) is 14.3. The minimum Gasteiger partial charge on any atom is -0.342 e. The largest absolute Gasteiger partial charge is 0.342 e. The molecule has 4 heteroatoms. The second-order valence-corrected chi connectivity index (χ2v) is 8.13. The highest BCUT2D eigenvalue weighted by Crippen LogP contribution is 2.45. The fourth-order valence-corrected chi connectivity index (χ4v) is 5.10. The molecule has 1 saturated carbocycles. The lowest BCUT2D eigenvalue weighted by atomic mass is 9.77. The highest BCUT2D eigenvalue weighted by molar-refractivity contribution is 5.85. The molecule has 1 amide bonds. The molecule has 2 aliphatic heterocycles. The van der Waals surface area contributed by atoms with Crippen LogP contribution in [-0.4, -0.2) is 37.0 Å². The Kier molecular flexibility index (Phi) is 6.18. The molecule has 0 aromatic carbocycles. The van der Waals surface area contributed by atoms with Crippen LogP contribution in [0.15, 0.2) is 0 Å². The van der Waals surface area contributed by atoms with E-state index in [2.05, 4.69) is 24.1 Å². The lowest BCUT2D eigenvalue weighted by Crippen LogP contribution is -2.44. The van der Waals surface area contributed by atoms with Crippen LogP contribution >= 0.6 is 12.4 Å². The van der Waals surface area contributed by atoms with Gasteiger partial charge in [-0.2, -0.15) is 0 Å². The van der Waals surface area contributed by atoms with Gasteiger partial charge in [-0.25, -0.2) is 0 Å². The second kappa shape index (κ2) is 7.53. The molecule has 0 bridgehead atoms. The number of rotatable bonds is 3. The van der Waals surface area contributed by atoms with Gasteiger partial charge in [0.25, 0.3) is 0 Å². The number of nitrogens with zero attached hydrogens (tertiary/aromatic N) is 1. The summed E-state index contributed by atoms with van der Waals surface area (Å²) in [5.74, 6) is 2.75. The summed E-state index contributed by atoms with van der Waals surface area (Å²) in [6.07, 6.45) is 8.28. The van der Waals surface area contributed by atoms with Crippen molar-refractivity contribution in [2.24, 2.45) is 23.2 Å². The van der Waals surface area contributed by atoms with E-state index in [1.807, 2.05) is 0 Å². The van der Waals surface area contributed by atoms with Gasteiger partial charge in [0.05, 0.1) is 0 Å². The first-order valence-electron chi connectivity index (χ1n) is 9.11. The number of nitrogens with one attached hydrogen (secondary N) is 1. The normalized spacial score (nSPS) is 30.8. The molecule has 0 aromatic heterocycles. The van der Waals surface area contributed by atoms with Gasteiger partial charge in [-0.15, -0.1) is 12.4 Å². The summed E-state index contributed by atoms with van der Waals surface area (Å²) < 4.78 is 0. The van der Waals surface area contributed by atoms with Crippen molar-refractivity contribution in [3.8, 4) is 0 Å². The van der Waals surface area contributed by atoms with Crippen LogP contribution in [-0.2, 0) is 4.79 Å². The molecule has 3 fully saturated rings. The second-order valence-electron chi connectivity index (χ2n) is 8.13. The number of halogens is 1. The van der Waals surface area contributed by atoms with E-state index in [0.29, 0.717) is 11.8 Å². The molecule has 2 saturated heterocycles. The Labute approximate surface area is 142 Å². The van der Waals surface area contributed by atoms with Gasteiger partial charge >= 0.3 is 0 Å². The van der Waals surface area contributed by atoms with E-state index in [9.17, 15) is 4.79 Å². The molecule has 0 radical (unpaired) electrons. The quantitative estimate of drug-likeness (QED) is 0.860. The summed E-state index contributed by atoms with van der Waals surface area (Å²) in [6.45, 7) is 8.88. The highest BCUT2D eigenvalue weighted by Gasteiger charge is 2.44. The zero-order valence-corrected chi connectivity index (χ0v) is 15.1. The van der Waals surface area contributed by atoms with Crippen molar-refractivity contribution in [3.05, 3.63) is 0 Å². The van der Waals surface area contributed by atoms with Crippen molar-refractivity contribution in [1.82, 2.24) is 10.2 Å². The summed E-state index contributed by atoms with van der Waals surface area (Å²) in [5.41, 5.74) is -0.00807. The summed E-state index contributed by atoms with van der Waals surface area (Å²) in [5, 5.41) is 3.52.